The van der Waals surface area contributed by atoms with E-state index in [-0.39, 0.29) is 0 Å². The summed E-state index contributed by atoms with van der Waals surface area (Å²) in [6.45, 7) is 2.20. The van der Waals surface area contributed by atoms with E-state index < -0.39 is 0 Å². The van der Waals surface area contributed by atoms with Crippen LogP contribution in [0.15, 0.2) is 6.07 Å². The van der Waals surface area contributed by atoms with Gasteiger partial charge in [-0.15, -0.1) is 11.3 Å². The zero-order chi connectivity index (χ0) is 11.4. The molecular weight excluding hydrogens is 216 g/mol. The number of hydrogen-bond donors (Lipinski definition) is 0. The fourth-order valence-electron chi connectivity index (χ4n) is 2.30. The lowest BCUT2D eigenvalue weighted by molar-refractivity contribution is 0.0983. The molecule has 1 aromatic heterocycles. The maximum absolute atomic E-state index is 11.9. The maximum Gasteiger partial charge on any atom is 0.172 e. The zero-order valence-corrected chi connectivity index (χ0v) is 10.9. The highest BCUT2D eigenvalue weighted by Gasteiger charge is 2.17. The number of unbranched alkanes of at least 4 members (excludes halogenated alkanes) is 3. The molecule has 0 radical (unpaired) electrons. The summed E-state index contributed by atoms with van der Waals surface area (Å²) in [5.74, 6) is 0.371. The van der Waals surface area contributed by atoms with Crippen molar-refractivity contribution in [1.29, 1.82) is 0 Å². The second-order valence-corrected chi connectivity index (χ2v) is 5.78. The molecule has 0 N–H and O–H groups in total. The van der Waals surface area contributed by atoms with Crippen LogP contribution in [0.3, 0.4) is 0 Å². The van der Waals surface area contributed by atoms with Gasteiger partial charge in [-0.25, -0.2) is 0 Å². The van der Waals surface area contributed by atoms with Crippen molar-refractivity contribution in [1.82, 2.24) is 0 Å². The summed E-state index contributed by atoms with van der Waals surface area (Å²) < 4.78 is 0. The third kappa shape index (κ3) is 2.73. The van der Waals surface area contributed by atoms with Gasteiger partial charge in [-0.05, 0) is 37.3 Å². The lowest BCUT2D eigenvalue weighted by Crippen LogP contribution is -1.95. The van der Waals surface area contributed by atoms with Gasteiger partial charge in [0, 0.05) is 11.3 Å². The number of carbonyl (C=O) groups excluding carboxylic acids is 1. The van der Waals surface area contributed by atoms with Crippen LogP contribution in [-0.2, 0) is 12.8 Å². The molecule has 0 unspecified atom stereocenters. The summed E-state index contributed by atoms with van der Waals surface area (Å²) >= 11 is 1.74. The van der Waals surface area contributed by atoms with Crippen LogP contribution in [0.2, 0.25) is 0 Å². The SMILES string of the molecule is CCCCCCC(=O)c1cc2c(s1)CCC2. The predicted octanol–water partition coefficient (Wildman–Crippen LogP) is 4.39. The average Bonchev–Trinajstić information content (AvgIpc) is 2.83. The van der Waals surface area contributed by atoms with Crippen LogP contribution >= 0.6 is 11.3 Å². The third-order valence-corrected chi connectivity index (χ3v) is 4.56. The van der Waals surface area contributed by atoms with Crippen LogP contribution in [0.4, 0.5) is 0 Å². The molecule has 1 nitrogen and oxygen atoms in total. The lowest BCUT2D eigenvalue weighted by Gasteiger charge is -1.98. The number of hydrogen-bond acceptors (Lipinski definition) is 2. The van der Waals surface area contributed by atoms with Crippen LogP contribution in [0.1, 0.15) is 65.6 Å². The lowest BCUT2D eigenvalue weighted by atomic mass is 10.1. The Morgan fingerprint density at radius 3 is 2.94 bits per heavy atom. The monoisotopic (exact) mass is 236 g/mol. The predicted molar refractivity (Wildman–Crippen MR) is 69.4 cm³/mol. The van der Waals surface area contributed by atoms with Crippen molar-refractivity contribution in [3.63, 3.8) is 0 Å². The second-order valence-electron chi connectivity index (χ2n) is 4.65. The molecule has 0 spiro atoms. The molecule has 1 heterocycles. The Kier molecular flexibility index (Phi) is 4.16. The largest absolute Gasteiger partial charge is 0.293 e. The van der Waals surface area contributed by atoms with E-state index in [2.05, 4.69) is 13.0 Å². The van der Waals surface area contributed by atoms with E-state index in [1.165, 1.54) is 49.0 Å². The van der Waals surface area contributed by atoms with Crippen molar-refractivity contribution in [2.45, 2.75) is 58.3 Å². The van der Waals surface area contributed by atoms with Crippen LogP contribution in [-0.4, -0.2) is 5.78 Å². The smallest absolute Gasteiger partial charge is 0.172 e. The highest BCUT2D eigenvalue weighted by Crippen LogP contribution is 2.31. The Morgan fingerprint density at radius 2 is 2.19 bits per heavy atom. The normalized spacial score (nSPS) is 14.1. The van der Waals surface area contributed by atoms with Gasteiger partial charge >= 0.3 is 0 Å². The van der Waals surface area contributed by atoms with Gasteiger partial charge in [0.05, 0.1) is 4.88 Å². The second kappa shape index (κ2) is 5.62. The van der Waals surface area contributed by atoms with Crippen molar-refractivity contribution in [3.8, 4) is 0 Å². The fourth-order valence-corrected chi connectivity index (χ4v) is 3.52. The van der Waals surface area contributed by atoms with Gasteiger partial charge in [0.15, 0.2) is 5.78 Å². The molecule has 1 aromatic rings. The van der Waals surface area contributed by atoms with Crippen molar-refractivity contribution in [3.05, 3.63) is 21.4 Å². The summed E-state index contributed by atoms with van der Waals surface area (Å²) in [6.07, 6.45) is 9.18. The van der Waals surface area contributed by atoms with Gasteiger partial charge in [-0.2, -0.15) is 0 Å². The van der Waals surface area contributed by atoms with E-state index in [0.717, 1.165) is 17.7 Å². The molecule has 0 bridgehead atoms. The Hall–Kier alpha value is -0.630. The van der Waals surface area contributed by atoms with E-state index in [1.54, 1.807) is 11.3 Å². The van der Waals surface area contributed by atoms with E-state index in [9.17, 15) is 4.79 Å². The number of thiophene rings is 1. The molecule has 0 aliphatic heterocycles. The molecular formula is C14H20OS. The summed E-state index contributed by atoms with van der Waals surface area (Å²) in [5, 5.41) is 0. The number of aryl methyl sites for hydroxylation is 2. The molecule has 0 aromatic carbocycles. The molecule has 2 rings (SSSR count). The van der Waals surface area contributed by atoms with Gasteiger partial charge in [-0.1, -0.05) is 26.2 Å². The molecule has 0 fully saturated rings. The van der Waals surface area contributed by atoms with Crippen LogP contribution in [0, 0.1) is 0 Å². The summed E-state index contributed by atoms with van der Waals surface area (Å²) in [4.78, 5) is 14.4. The third-order valence-electron chi connectivity index (χ3n) is 3.28. The van der Waals surface area contributed by atoms with Gasteiger partial charge in [0.25, 0.3) is 0 Å². The van der Waals surface area contributed by atoms with E-state index in [0.29, 0.717) is 5.78 Å². The molecule has 0 saturated heterocycles. The zero-order valence-electron chi connectivity index (χ0n) is 10.1. The van der Waals surface area contributed by atoms with Gasteiger partial charge in [0.1, 0.15) is 0 Å². The standard InChI is InChI=1S/C14H20OS/c1-2-3-4-5-8-12(15)14-10-11-7-6-9-13(11)16-14/h10H,2-9H2,1H3. The molecule has 16 heavy (non-hydrogen) atoms. The Balaban J connectivity index is 1.84. The fraction of sp³-hybridized carbons (Fsp3) is 0.643. The quantitative estimate of drug-likeness (QED) is 0.529. The minimum absolute atomic E-state index is 0.371. The molecule has 0 atom stereocenters. The molecule has 1 aliphatic carbocycles. The Labute approximate surface area is 102 Å². The van der Waals surface area contributed by atoms with Crippen molar-refractivity contribution >= 4 is 17.1 Å². The van der Waals surface area contributed by atoms with E-state index >= 15 is 0 Å². The molecule has 1 aliphatic rings. The van der Waals surface area contributed by atoms with Crippen LogP contribution in [0.5, 0.6) is 0 Å². The first-order valence-corrected chi connectivity index (χ1v) is 7.27. The number of Topliss-reactive ketones (excluding diaryl/α,β-unsaturated/α-hetero) is 1. The highest BCUT2D eigenvalue weighted by molar-refractivity contribution is 7.14. The van der Waals surface area contributed by atoms with E-state index in [1.807, 2.05) is 0 Å². The van der Waals surface area contributed by atoms with Gasteiger partial charge < -0.3 is 0 Å². The van der Waals surface area contributed by atoms with Crippen molar-refractivity contribution in [2.24, 2.45) is 0 Å². The van der Waals surface area contributed by atoms with E-state index in [4.69, 9.17) is 0 Å². The first kappa shape index (κ1) is 11.8. The number of ketones is 1. The molecule has 0 saturated carbocycles. The number of carbonyl (C=O) groups is 1. The maximum atomic E-state index is 11.9. The molecule has 2 heteroatoms. The highest BCUT2D eigenvalue weighted by atomic mass is 32.1. The van der Waals surface area contributed by atoms with Crippen molar-refractivity contribution in [2.75, 3.05) is 0 Å². The topological polar surface area (TPSA) is 17.1 Å². The summed E-state index contributed by atoms with van der Waals surface area (Å²) in [5.41, 5.74) is 1.45. The minimum Gasteiger partial charge on any atom is -0.293 e. The number of fused-ring (bicyclic) bond motifs is 1. The van der Waals surface area contributed by atoms with Gasteiger partial charge in [0.2, 0.25) is 0 Å². The van der Waals surface area contributed by atoms with Crippen LogP contribution < -0.4 is 0 Å². The first-order valence-electron chi connectivity index (χ1n) is 6.46. The first-order chi connectivity index (χ1) is 7.81. The minimum atomic E-state index is 0.371. The van der Waals surface area contributed by atoms with Crippen molar-refractivity contribution < 1.29 is 4.79 Å². The van der Waals surface area contributed by atoms with Gasteiger partial charge in [-0.3, -0.25) is 4.79 Å². The van der Waals surface area contributed by atoms with Crippen LogP contribution in [0.25, 0.3) is 0 Å². The molecule has 0 amide bonds. The summed E-state index contributed by atoms with van der Waals surface area (Å²) in [7, 11) is 0. The number of rotatable bonds is 6. The Morgan fingerprint density at radius 1 is 1.31 bits per heavy atom. The Bertz CT molecular complexity index is 343. The summed E-state index contributed by atoms with van der Waals surface area (Å²) in [6, 6.07) is 2.15. The molecule has 88 valence electrons. The average molecular weight is 236 g/mol.